The van der Waals surface area contributed by atoms with Crippen molar-refractivity contribution in [2.24, 2.45) is 5.92 Å². The van der Waals surface area contributed by atoms with Gasteiger partial charge in [0.05, 0.1) is 5.02 Å². The summed E-state index contributed by atoms with van der Waals surface area (Å²) in [7, 11) is 0. The zero-order valence-corrected chi connectivity index (χ0v) is 18.5. The Kier molecular flexibility index (Phi) is 6.12. The van der Waals surface area contributed by atoms with E-state index in [-0.39, 0.29) is 46.2 Å². The van der Waals surface area contributed by atoms with Gasteiger partial charge in [-0.05, 0) is 68.4 Å². The van der Waals surface area contributed by atoms with Crippen molar-refractivity contribution in [2.45, 2.75) is 50.1 Å². The summed E-state index contributed by atoms with van der Waals surface area (Å²) in [5.74, 6) is -1.23. The smallest absolute Gasteiger partial charge is 0.258 e. The standard InChI is InChI=1S/C24H25ClF2N2O3/c1-15-13-23(29-22(31)16-3-2-4-17(26)11-16)7-9-24(15,10-8-23)28-21(30)14-32-18-5-6-19(25)20(27)12-18/h2-6,11-12,15H,7-10,13-14H2,1H3,(H,28,30)(H,29,31)/t15-,23?,24?/m0/s1. The fraction of sp³-hybridized carbons (Fsp3) is 0.417. The van der Waals surface area contributed by atoms with Gasteiger partial charge in [-0.25, -0.2) is 8.78 Å². The number of carbonyl (C=O) groups excluding carboxylic acids is 2. The molecule has 1 atom stereocenters. The first-order chi connectivity index (χ1) is 15.2. The van der Waals surface area contributed by atoms with Gasteiger partial charge in [-0.15, -0.1) is 0 Å². The maximum atomic E-state index is 13.5. The largest absolute Gasteiger partial charge is 0.484 e. The lowest BCUT2D eigenvalue weighted by Gasteiger charge is -2.57. The van der Waals surface area contributed by atoms with Crippen molar-refractivity contribution in [1.82, 2.24) is 10.6 Å². The van der Waals surface area contributed by atoms with Crippen molar-refractivity contribution < 1.29 is 23.1 Å². The lowest BCUT2D eigenvalue weighted by molar-refractivity contribution is -0.128. The molecule has 32 heavy (non-hydrogen) atoms. The van der Waals surface area contributed by atoms with E-state index in [0.717, 1.165) is 38.2 Å². The van der Waals surface area contributed by atoms with Crippen LogP contribution in [0.25, 0.3) is 0 Å². The number of rotatable bonds is 6. The van der Waals surface area contributed by atoms with E-state index in [1.165, 1.54) is 30.3 Å². The van der Waals surface area contributed by atoms with Gasteiger partial charge < -0.3 is 15.4 Å². The third kappa shape index (κ3) is 4.58. The summed E-state index contributed by atoms with van der Waals surface area (Å²) in [4.78, 5) is 25.3. The molecule has 3 saturated carbocycles. The number of amides is 2. The van der Waals surface area contributed by atoms with Crippen molar-refractivity contribution >= 4 is 23.4 Å². The highest BCUT2D eigenvalue weighted by molar-refractivity contribution is 6.30. The first-order valence-electron chi connectivity index (χ1n) is 10.7. The Labute approximate surface area is 190 Å². The molecule has 2 N–H and O–H groups in total. The van der Waals surface area contributed by atoms with E-state index in [1.54, 1.807) is 6.07 Å². The van der Waals surface area contributed by atoms with Crippen LogP contribution in [0, 0.1) is 17.6 Å². The third-order valence-electron chi connectivity index (χ3n) is 6.85. The summed E-state index contributed by atoms with van der Waals surface area (Å²) in [6.45, 7) is 1.84. The normalized spacial score (nSPS) is 26.4. The van der Waals surface area contributed by atoms with E-state index in [1.807, 2.05) is 0 Å². The number of ether oxygens (including phenoxy) is 1. The minimum absolute atomic E-state index is 0.00750. The summed E-state index contributed by atoms with van der Waals surface area (Å²) < 4.78 is 32.4. The van der Waals surface area contributed by atoms with Gasteiger partial charge in [0.1, 0.15) is 17.4 Å². The zero-order chi connectivity index (χ0) is 22.9. The van der Waals surface area contributed by atoms with E-state index in [9.17, 15) is 18.4 Å². The number of hydrogen-bond donors (Lipinski definition) is 2. The highest BCUT2D eigenvalue weighted by Crippen LogP contribution is 2.50. The Morgan fingerprint density at radius 3 is 2.50 bits per heavy atom. The molecule has 0 aliphatic heterocycles. The molecule has 2 aromatic carbocycles. The lowest BCUT2D eigenvalue weighted by Crippen LogP contribution is -2.67. The summed E-state index contributed by atoms with van der Waals surface area (Å²) >= 11 is 5.66. The van der Waals surface area contributed by atoms with Crippen LogP contribution in [0.2, 0.25) is 5.02 Å². The second-order valence-electron chi connectivity index (χ2n) is 8.92. The summed E-state index contributed by atoms with van der Waals surface area (Å²) in [5, 5.41) is 6.25. The van der Waals surface area contributed by atoms with E-state index in [2.05, 4.69) is 17.6 Å². The molecule has 5 nitrogen and oxygen atoms in total. The maximum absolute atomic E-state index is 13.5. The molecule has 2 amide bonds. The molecule has 0 aromatic heterocycles. The molecular formula is C24H25ClF2N2O3. The van der Waals surface area contributed by atoms with Gasteiger partial charge in [0.25, 0.3) is 11.8 Å². The second-order valence-corrected chi connectivity index (χ2v) is 9.33. The fourth-order valence-corrected chi connectivity index (χ4v) is 5.17. The molecule has 0 unspecified atom stereocenters. The van der Waals surface area contributed by atoms with Crippen molar-refractivity contribution in [3.8, 4) is 5.75 Å². The molecule has 0 saturated heterocycles. The van der Waals surface area contributed by atoms with Crippen LogP contribution in [-0.4, -0.2) is 29.5 Å². The van der Waals surface area contributed by atoms with Gasteiger partial charge in [0.2, 0.25) is 0 Å². The van der Waals surface area contributed by atoms with Crippen LogP contribution in [0.1, 0.15) is 49.4 Å². The summed E-state index contributed by atoms with van der Waals surface area (Å²) in [6, 6.07) is 9.70. The molecule has 3 fully saturated rings. The highest BCUT2D eigenvalue weighted by Gasteiger charge is 2.54. The molecule has 2 aromatic rings. The number of nitrogens with one attached hydrogen (secondary N) is 2. The van der Waals surface area contributed by atoms with E-state index in [4.69, 9.17) is 16.3 Å². The monoisotopic (exact) mass is 462 g/mol. The predicted octanol–water partition coefficient (Wildman–Crippen LogP) is 4.63. The average Bonchev–Trinajstić information content (AvgIpc) is 2.76. The second kappa shape index (κ2) is 8.70. The SMILES string of the molecule is C[C@H]1CC2(NC(=O)c3cccc(F)c3)CCC1(NC(=O)COc1ccc(Cl)c(F)c1)CC2. The van der Waals surface area contributed by atoms with Crippen molar-refractivity contribution in [3.05, 3.63) is 64.7 Å². The number of halogens is 3. The van der Waals surface area contributed by atoms with Gasteiger partial charge in [-0.1, -0.05) is 24.6 Å². The molecule has 0 radical (unpaired) electrons. The van der Waals surface area contributed by atoms with E-state index >= 15 is 0 Å². The fourth-order valence-electron chi connectivity index (χ4n) is 5.05. The Morgan fingerprint density at radius 2 is 1.84 bits per heavy atom. The van der Waals surface area contributed by atoms with Gasteiger partial charge >= 0.3 is 0 Å². The number of hydrogen-bond acceptors (Lipinski definition) is 3. The van der Waals surface area contributed by atoms with Crippen molar-refractivity contribution in [2.75, 3.05) is 6.61 Å². The minimum atomic E-state index is -0.604. The molecule has 0 spiro atoms. The van der Waals surface area contributed by atoms with Crippen LogP contribution >= 0.6 is 11.6 Å². The predicted molar refractivity (Wildman–Crippen MR) is 117 cm³/mol. The van der Waals surface area contributed by atoms with Crippen molar-refractivity contribution in [3.63, 3.8) is 0 Å². The Bertz CT molecular complexity index is 1040. The minimum Gasteiger partial charge on any atom is -0.484 e. The maximum Gasteiger partial charge on any atom is 0.258 e. The molecule has 3 aliphatic rings. The van der Waals surface area contributed by atoms with Crippen LogP contribution in [0.5, 0.6) is 5.75 Å². The van der Waals surface area contributed by atoms with Gasteiger partial charge in [-0.2, -0.15) is 0 Å². The van der Waals surface area contributed by atoms with Crippen LogP contribution < -0.4 is 15.4 Å². The number of fused-ring (bicyclic) bond motifs is 3. The molecular weight excluding hydrogens is 438 g/mol. The average molecular weight is 463 g/mol. The van der Waals surface area contributed by atoms with Crippen LogP contribution in [-0.2, 0) is 4.79 Å². The summed E-state index contributed by atoms with van der Waals surface area (Å²) in [6.07, 6.45) is 3.61. The third-order valence-corrected chi connectivity index (χ3v) is 7.16. The first-order valence-corrected chi connectivity index (χ1v) is 11.1. The Hall–Kier alpha value is -2.67. The zero-order valence-electron chi connectivity index (χ0n) is 17.7. The molecule has 0 heterocycles. The Morgan fingerprint density at radius 1 is 1.09 bits per heavy atom. The number of carbonyl (C=O) groups is 2. The molecule has 3 aliphatic carbocycles. The topological polar surface area (TPSA) is 67.4 Å². The molecule has 8 heteroatoms. The molecule has 170 valence electrons. The Balaban J connectivity index is 1.35. The summed E-state index contributed by atoms with van der Waals surface area (Å²) in [5.41, 5.74) is -0.414. The van der Waals surface area contributed by atoms with Gasteiger partial charge in [0, 0.05) is 22.7 Å². The first kappa shape index (κ1) is 22.5. The lowest BCUT2D eigenvalue weighted by atomic mass is 9.56. The van der Waals surface area contributed by atoms with Crippen LogP contribution in [0.15, 0.2) is 42.5 Å². The molecule has 5 rings (SSSR count). The van der Waals surface area contributed by atoms with Crippen molar-refractivity contribution in [1.29, 1.82) is 0 Å². The number of benzene rings is 2. The van der Waals surface area contributed by atoms with Gasteiger partial charge in [0.15, 0.2) is 6.61 Å². The van der Waals surface area contributed by atoms with Gasteiger partial charge in [-0.3, -0.25) is 9.59 Å². The van der Waals surface area contributed by atoms with Crippen LogP contribution in [0.3, 0.4) is 0 Å². The highest BCUT2D eigenvalue weighted by atomic mass is 35.5. The quantitative estimate of drug-likeness (QED) is 0.657. The van der Waals surface area contributed by atoms with E-state index in [0.29, 0.717) is 5.56 Å². The molecule has 2 bridgehead atoms. The van der Waals surface area contributed by atoms with Crippen LogP contribution in [0.4, 0.5) is 8.78 Å². The van der Waals surface area contributed by atoms with E-state index < -0.39 is 11.6 Å².